The highest BCUT2D eigenvalue weighted by molar-refractivity contribution is 5.53. The third-order valence-electron chi connectivity index (χ3n) is 2.75. The number of hydrogen-bond donors (Lipinski definition) is 1. The molecule has 0 radical (unpaired) electrons. The van der Waals surface area contributed by atoms with E-state index in [4.69, 9.17) is 10.3 Å². The van der Waals surface area contributed by atoms with Crippen LogP contribution in [0.25, 0.3) is 23.1 Å². The van der Waals surface area contributed by atoms with Gasteiger partial charge in [0, 0.05) is 19.8 Å². The highest BCUT2D eigenvalue weighted by Crippen LogP contribution is 2.20. The van der Waals surface area contributed by atoms with Gasteiger partial charge in [-0.05, 0) is 11.6 Å². The molecule has 7 nitrogen and oxygen atoms in total. The van der Waals surface area contributed by atoms with E-state index in [1.807, 2.05) is 23.7 Å². The van der Waals surface area contributed by atoms with E-state index in [-0.39, 0.29) is 0 Å². The molecule has 3 aromatic rings. The topological polar surface area (TPSA) is 95.7 Å². The summed E-state index contributed by atoms with van der Waals surface area (Å²) in [4.78, 5) is 12.6. The highest BCUT2D eigenvalue weighted by atomic mass is 16.5. The SMILES string of the molecule is Cn1cncc1-c1noc(-c2ccc(CN)cn2)n1. The Kier molecular flexibility index (Phi) is 2.81. The van der Waals surface area contributed by atoms with Gasteiger partial charge in [0.15, 0.2) is 0 Å². The monoisotopic (exact) mass is 256 g/mol. The molecule has 0 atom stereocenters. The Morgan fingerprint density at radius 1 is 1.32 bits per heavy atom. The fourth-order valence-corrected chi connectivity index (χ4v) is 1.68. The summed E-state index contributed by atoms with van der Waals surface area (Å²) in [5, 5.41) is 3.93. The summed E-state index contributed by atoms with van der Waals surface area (Å²) in [6, 6.07) is 3.69. The van der Waals surface area contributed by atoms with Gasteiger partial charge in [0.05, 0.1) is 12.5 Å². The average Bonchev–Trinajstić information content (AvgIpc) is 3.07. The Bertz CT molecular complexity index is 684. The number of nitrogens with two attached hydrogens (primary N) is 1. The maximum absolute atomic E-state index is 5.52. The van der Waals surface area contributed by atoms with Crippen LogP contribution in [0.5, 0.6) is 0 Å². The van der Waals surface area contributed by atoms with Crippen LogP contribution in [0.2, 0.25) is 0 Å². The highest BCUT2D eigenvalue weighted by Gasteiger charge is 2.13. The lowest BCUT2D eigenvalue weighted by atomic mass is 10.2. The number of rotatable bonds is 3. The van der Waals surface area contributed by atoms with Gasteiger partial charge < -0.3 is 14.8 Å². The second-order valence-electron chi connectivity index (χ2n) is 4.07. The minimum Gasteiger partial charge on any atom is -0.332 e. The number of aromatic nitrogens is 5. The Morgan fingerprint density at radius 2 is 2.21 bits per heavy atom. The quantitative estimate of drug-likeness (QED) is 0.750. The number of hydrogen-bond acceptors (Lipinski definition) is 6. The van der Waals surface area contributed by atoms with Gasteiger partial charge >= 0.3 is 0 Å². The first kappa shape index (κ1) is 11.5. The van der Waals surface area contributed by atoms with E-state index in [2.05, 4.69) is 20.1 Å². The predicted octanol–water partition coefficient (Wildman–Crippen LogP) is 0.991. The molecule has 0 saturated carbocycles. The van der Waals surface area contributed by atoms with Gasteiger partial charge in [-0.2, -0.15) is 4.98 Å². The lowest BCUT2D eigenvalue weighted by Gasteiger charge is -1.96. The first-order valence-corrected chi connectivity index (χ1v) is 5.73. The van der Waals surface area contributed by atoms with Crippen LogP contribution in [0.4, 0.5) is 0 Å². The van der Waals surface area contributed by atoms with Gasteiger partial charge in [0.1, 0.15) is 11.4 Å². The van der Waals surface area contributed by atoms with Crippen molar-refractivity contribution in [3.8, 4) is 23.1 Å². The second kappa shape index (κ2) is 4.62. The lowest BCUT2D eigenvalue weighted by Crippen LogP contribution is -1.97. The third kappa shape index (κ3) is 2.11. The van der Waals surface area contributed by atoms with Crippen molar-refractivity contribution in [2.45, 2.75) is 6.54 Å². The first-order valence-electron chi connectivity index (χ1n) is 5.73. The molecule has 2 N–H and O–H groups in total. The molecule has 0 saturated heterocycles. The molecule has 0 aliphatic carbocycles. The molecule has 3 aromatic heterocycles. The molecule has 3 heterocycles. The van der Waals surface area contributed by atoms with Crippen LogP contribution in [0.3, 0.4) is 0 Å². The summed E-state index contributed by atoms with van der Waals surface area (Å²) in [5.74, 6) is 0.861. The minimum atomic E-state index is 0.375. The van der Waals surface area contributed by atoms with Gasteiger partial charge in [0.25, 0.3) is 5.89 Å². The van der Waals surface area contributed by atoms with Gasteiger partial charge in [-0.15, -0.1) is 0 Å². The molecule has 19 heavy (non-hydrogen) atoms. The predicted molar refractivity (Wildman–Crippen MR) is 67.6 cm³/mol. The number of aryl methyl sites for hydroxylation is 1. The molecule has 0 fully saturated rings. The Balaban J connectivity index is 1.94. The van der Waals surface area contributed by atoms with Crippen molar-refractivity contribution in [3.63, 3.8) is 0 Å². The molecule has 3 rings (SSSR count). The van der Waals surface area contributed by atoms with Crippen LogP contribution >= 0.6 is 0 Å². The van der Waals surface area contributed by atoms with Crippen molar-refractivity contribution in [3.05, 3.63) is 36.4 Å². The Morgan fingerprint density at radius 3 is 2.84 bits per heavy atom. The standard InChI is InChI=1S/C12H12N6O/c1-18-7-14-6-10(18)11-16-12(19-17-11)9-3-2-8(4-13)5-15-9/h2-3,5-7H,4,13H2,1H3. The van der Waals surface area contributed by atoms with E-state index < -0.39 is 0 Å². The minimum absolute atomic E-state index is 0.375. The van der Waals surface area contributed by atoms with Gasteiger partial charge in [-0.3, -0.25) is 4.98 Å². The van der Waals surface area contributed by atoms with E-state index in [1.54, 1.807) is 18.7 Å². The van der Waals surface area contributed by atoms with E-state index in [0.29, 0.717) is 24.0 Å². The maximum atomic E-state index is 5.52. The van der Waals surface area contributed by atoms with Gasteiger partial charge in [0.2, 0.25) is 5.82 Å². The molecule has 0 aliphatic heterocycles. The first-order chi connectivity index (χ1) is 9.28. The summed E-state index contributed by atoms with van der Waals surface area (Å²) in [7, 11) is 1.87. The van der Waals surface area contributed by atoms with Crippen molar-refractivity contribution in [2.24, 2.45) is 12.8 Å². The molecule has 7 heteroatoms. The van der Waals surface area contributed by atoms with Crippen molar-refractivity contribution >= 4 is 0 Å². The molecule has 0 bridgehead atoms. The largest absolute Gasteiger partial charge is 0.332 e. The molecular formula is C12H12N6O. The second-order valence-corrected chi connectivity index (χ2v) is 4.07. The summed E-state index contributed by atoms with van der Waals surface area (Å²) >= 11 is 0. The zero-order valence-electron chi connectivity index (χ0n) is 10.3. The van der Waals surface area contributed by atoms with Gasteiger partial charge in [-0.25, -0.2) is 4.98 Å². The third-order valence-corrected chi connectivity index (χ3v) is 2.75. The molecule has 0 aliphatic rings. The van der Waals surface area contributed by atoms with Crippen LogP contribution < -0.4 is 5.73 Å². The maximum Gasteiger partial charge on any atom is 0.276 e. The lowest BCUT2D eigenvalue weighted by molar-refractivity contribution is 0.430. The zero-order chi connectivity index (χ0) is 13.2. The van der Waals surface area contributed by atoms with E-state index in [1.165, 1.54) is 0 Å². The van der Waals surface area contributed by atoms with Crippen LogP contribution in [0.15, 0.2) is 35.4 Å². The van der Waals surface area contributed by atoms with Crippen molar-refractivity contribution in [1.82, 2.24) is 24.7 Å². The van der Waals surface area contributed by atoms with E-state index >= 15 is 0 Å². The summed E-state index contributed by atoms with van der Waals surface area (Å²) in [6.07, 6.45) is 5.06. The molecule has 0 unspecified atom stereocenters. The van der Waals surface area contributed by atoms with Gasteiger partial charge in [-0.1, -0.05) is 11.2 Å². The normalized spacial score (nSPS) is 10.8. The van der Waals surface area contributed by atoms with Crippen molar-refractivity contribution < 1.29 is 4.52 Å². The average molecular weight is 256 g/mol. The van der Waals surface area contributed by atoms with Crippen molar-refractivity contribution in [2.75, 3.05) is 0 Å². The molecular weight excluding hydrogens is 244 g/mol. The number of imidazole rings is 1. The van der Waals surface area contributed by atoms with Crippen LogP contribution in [-0.2, 0) is 13.6 Å². The van der Waals surface area contributed by atoms with Crippen LogP contribution in [-0.4, -0.2) is 24.7 Å². The number of pyridine rings is 1. The fraction of sp³-hybridized carbons (Fsp3) is 0.167. The smallest absolute Gasteiger partial charge is 0.276 e. The molecule has 0 aromatic carbocycles. The molecule has 0 spiro atoms. The molecule has 96 valence electrons. The Hall–Kier alpha value is -2.54. The summed E-state index contributed by atoms with van der Waals surface area (Å²) < 4.78 is 7.03. The number of nitrogens with zero attached hydrogens (tertiary/aromatic N) is 5. The van der Waals surface area contributed by atoms with E-state index in [0.717, 1.165) is 11.3 Å². The zero-order valence-corrected chi connectivity index (χ0v) is 10.3. The van der Waals surface area contributed by atoms with Crippen LogP contribution in [0, 0.1) is 0 Å². The Labute approximate surface area is 109 Å². The fourth-order valence-electron chi connectivity index (χ4n) is 1.68. The summed E-state index contributed by atoms with van der Waals surface area (Å²) in [6.45, 7) is 0.456. The van der Waals surface area contributed by atoms with Crippen LogP contribution in [0.1, 0.15) is 5.56 Å². The van der Waals surface area contributed by atoms with E-state index in [9.17, 15) is 0 Å². The molecule has 0 amide bonds. The van der Waals surface area contributed by atoms with Crippen molar-refractivity contribution in [1.29, 1.82) is 0 Å². The summed E-state index contributed by atoms with van der Waals surface area (Å²) in [5.41, 5.74) is 7.89.